The normalized spacial score (nSPS) is 10.1. The van der Waals surface area contributed by atoms with E-state index in [-0.39, 0.29) is 4.47 Å². The molecule has 0 spiro atoms. The Morgan fingerprint density at radius 3 is 2.83 bits per heavy atom. The van der Waals surface area contributed by atoms with Crippen molar-refractivity contribution in [2.24, 2.45) is 0 Å². The number of anilines is 1. The molecule has 2 aromatic rings. The molecule has 0 aliphatic heterocycles. The molecule has 92 valence electrons. The molecule has 1 aromatic carbocycles. The number of benzene rings is 1. The minimum atomic E-state index is -0.429. The second kappa shape index (κ2) is 5.51. The number of nitrogens with one attached hydrogen (secondary N) is 1. The number of nitrogens with zero attached hydrogens (tertiary/aromatic N) is 1. The number of halogens is 2. The number of hydrogen-bond donors (Lipinski definition) is 1. The first-order valence-electron chi connectivity index (χ1n) is 5.27. The Morgan fingerprint density at radius 2 is 2.22 bits per heavy atom. The van der Waals surface area contributed by atoms with E-state index in [9.17, 15) is 4.39 Å². The lowest BCUT2D eigenvalue weighted by Gasteiger charge is -2.09. The lowest BCUT2D eigenvalue weighted by molar-refractivity contribution is 0.623. The highest BCUT2D eigenvalue weighted by Gasteiger charge is 2.11. The molecule has 0 amide bonds. The summed E-state index contributed by atoms with van der Waals surface area (Å²) < 4.78 is 14.1. The fraction of sp³-hybridized carbons (Fsp3) is 0.154. The molecular weight excluding hydrogens is 315 g/mol. The van der Waals surface area contributed by atoms with Gasteiger partial charge in [0.25, 0.3) is 0 Å². The predicted octanol–water partition coefficient (Wildman–Crippen LogP) is 4.44. The average Bonchev–Trinajstić information content (AvgIpc) is 2.77. The number of hydrogen-bond acceptors (Lipinski definition) is 3. The van der Waals surface area contributed by atoms with E-state index in [4.69, 9.17) is 5.26 Å². The second-order valence-electron chi connectivity index (χ2n) is 3.83. The summed E-state index contributed by atoms with van der Waals surface area (Å²) in [7, 11) is 0. The highest BCUT2D eigenvalue weighted by molar-refractivity contribution is 9.10. The van der Waals surface area contributed by atoms with E-state index in [1.165, 1.54) is 5.56 Å². The van der Waals surface area contributed by atoms with E-state index in [1.54, 1.807) is 23.5 Å². The summed E-state index contributed by atoms with van der Waals surface area (Å²) in [6, 6.07) is 5.11. The van der Waals surface area contributed by atoms with Crippen molar-refractivity contribution in [1.29, 1.82) is 5.26 Å². The molecule has 0 saturated heterocycles. The maximum absolute atomic E-state index is 13.9. The van der Waals surface area contributed by atoms with Crippen LogP contribution in [-0.4, -0.2) is 0 Å². The molecule has 0 aliphatic carbocycles. The van der Waals surface area contributed by atoms with Crippen molar-refractivity contribution in [2.75, 3.05) is 5.32 Å². The van der Waals surface area contributed by atoms with Crippen LogP contribution in [0, 0.1) is 24.1 Å². The smallest absolute Gasteiger partial charge is 0.161 e. The van der Waals surface area contributed by atoms with Crippen LogP contribution < -0.4 is 5.32 Å². The minimum Gasteiger partial charge on any atom is -0.379 e. The topological polar surface area (TPSA) is 35.8 Å². The van der Waals surface area contributed by atoms with Crippen molar-refractivity contribution in [1.82, 2.24) is 0 Å². The lowest BCUT2D eigenvalue weighted by Crippen LogP contribution is -2.02. The molecule has 0 saturated carbocycles. The van der Waals surface area contributed by atoms with Gasteiger partial charge in [0.05, 0.1) is 15.7 Å². The second-order valence-corrected chi connectivity index (χ2v) is 5.37. The van der Waals surface area contributed by atoms with E-state index in [0.717, 1.165) is 5.56 Å². The Labute approximate surface area is 117 Å². The van der Waals surface area contributed by atoms with Crippen LogP contribution in [0.5, 0.6) is 0 Å². The van der Waals surface area contributed by atoms with E-state index in [1.807, 2.05) is 18.4 Å². The summed E-state index contributed by atoms with van der Waals surface area (Å²) in [6.07, 6.45) is 0. The molecule has 0 radical (unpaired) electrons. The molecule has 0 unspecified atom stereocenters. The van der Waals surface area contributed by atoms with Gasteiger partial charge in [-0.2, -0.15) is 16.6 Å². The zero-order chi connectivity index (χ0) is 13.1. The van der Waals surface area contributed by atoms with Crippen molar-refractivity contribution in [3.8, 4) is 6.07 Å². The minimum absolute atomic E-state index is 0.206. The largest absolute Gasteiger partial charge is 0.379 e. The molecule has 0 aliphatic rings. The molecule has 1 heterocycles. The van der Waals surface area contributed by atoms with Gasteiger partial charge in [-0.25, -0.2) is 4.39 Å². The van der Waals surface area contributed by atoms with Gasteiger partial charge in [0, 0.05) is 6.54 Å². The van der Waals surface area contributed by atoms with Gasteiger partial charge in [0.1, 0.15) is 6.07 Å². The van der Waals surface area contributed by atoms with Gasteiger partial charge in [-0.1, -0.05) is 0 Å². The third-order valence-electron chi connectivity index (χ3n) is 2.63. The Morgan fingerprint density at radius 1 is 1.44 bits per heavy atom. The molecule has 1 aromatic heterocycles. The summed E-state index contributed by atoms with van der Waals surface area (Å²) >= 11 is 4.72. The maximum Gasteiger partial charge on any atom is 0.161 e. The van der Waals surface area contributed by atoms with Crippen molar-refractivity contribution in [3.05, 3.63) is 49.9 Å². The molecule has 0 bridgehead atoms. The van der Waals surface area contributed by atoms with Crippen molar-refractivity contribution >= 4 is 33.0 Å². The SMILES string of the molecule is Cc1cscc1CNc1ccc(C#N)c(Br)c1F. The zero-order valence-corrected chi connectivity index (χ0v) is 12.0. The molecule has 5 heteroatoms. The van der Waals surface area contributed by atoms with Gasteiger partial charge in [-0.15, -0.1) is 0 Å². The van der Waals surface area contributed by atoms with E-state index >= 15 is 0 Å². The van der Waals surface area contributed by atoms with Crippen LogP contribution in [0.4, 0.5) is 10.1 Å². The van der Waals surface area contributed by atoms with Crippen LogP contribution in [0.3, 0.4) is 0 Å². The van der Waals surface area contributed by atoms with Gasteiger partial charge in [-0.05, 0) is 56.9 Å². The number of nitriles is 1. The highest BCUT2D eigenvalue weighted by Crippen LogP contribution is 2.27. The molecule has 2 rings (SSSR count). The van der Waals surface area contributed by atoms with Gasteiger partial charge < -0.3 is 5.32 Å². The molecule has 1 N–H and O–H groups in total. The number of aryl methyl sites for hydroxylation is 1. The van der Waals surface area contributed by atoms with Crippen molar-refractivity contribution in [3.63, 3.8) is 0 Å². The molecule has 0 fully saturated rings. The molecule has 18 heavy (non-hydrogen) atoms. The number of thiophene rings is 1. The molecule has 2 nitrogen and oxygen atoms in total. The standard InChI is InChI=1S/C13H10BrFN2S/c1-8-6-18-7-10(8)5-17-11-3-2-9(4-16)12(14)13(11)15/h2-3,6-7,17H,5H2,1H3. The van der Waals surface area contributed by atoms with Crippen LogP contribution in [0.1, 0.15) is 16.7 Å². The summed E-state index contributed by atoms with van der Waals surface area (Å²) in [5, 5.41) is 15.9. The third-order valence-corrected chi connectivity index (χ3v) is 4.32. The van der Waals surface area contributed by atoms with Crippen molar-refractivity contribution < 1.29 is 4.39 Å². The lowest BCUT2D eigenvalue weighted by atomic mass is 10.2. The van der Waals surface area contributed by atoms with Crippen LogP contribution in [0.25, 0.3) is 0 Å². The maximum atomic E-state index is 13.9. The van der Waals surface area contributed by atoms with Gasteiger partial charge >= 0.3 is 0 Å². The van der Waals surface area contributed by atoms with Crippen LogP contribution in [0.15, 0.2) is 27.4 Å². The summed E-state index contributed by atoms with van der Waals surface area (Å²) in [5.41, 5.74) is 3.04. The van der Waals surface area contributed by atoms with Crippen LogP contribution in [0.2, 0.25) is 0 Å². The van der Waals surface area contributed by atoms with E-state index in [0.29, 0.717) is 17.8 Å². The molecule has 0 atom stereocenters. The fourth-order valence-electron chi connectivity index (χ4n) is 1.53. The quantitative estimate of drug-likeness (QED) is 0.905. The Hall–Kier alpha value is -1.38. The summed E-state index contributed by atoms with van der Waals surface area (Å²) in [5.74, 6) is -0.429. The Kier molecular flexibility index (Phi) is 4.00. The van der Waals surface area contributed by atoms with Crippen molar-refractivity contribution in [2.45, 2.75) is 13.5 Å². The van der Waals surface area contributed by atoms with Gasteiger partial charge in [-0.3, -0.25) is 0 Å². The average molecular weight is 325 g/mol. The Balaban J connectivity index is 2.19. The first-order chi connectivity index (χ1) is 8.63. The fourth-order valence-corrected chi connectivity index (χ4v) is 2.82. The first kappa shape index (κ1) is 13.1. The third kappa shape index (κ3) is 2.55. The monoisotopic (exact) mass is 324 g/mol. The van der Waals surface area contributed by atoms with Gasteiger partial charge in [0.2, 0.25) is 0 Å². The zero-order valence-electron chi connectivity index (χ0n) is 9.63. The first-order valence-corrected chi connectivity index (χ1v) is 7.00. The van der Waals surface area contributed by atoms with E-state index in [2.05, 4.69) is 26.6 Å². The summed E-state index contributed by atoms with van der Waals surface area (Å²) in [6.45, 7) is 2.60. The van der Waals surface area contributed by atoms with E-state index < -0.39 is 5.82 Å². The summed E-state index contributed by atoms with van der Waals surface area (Å²) in [4.78, 5) is 0. The van der Waals surface area contributed by atoms with Gasteiger partial charge in [0.15, 0.2) is 5.82 Å². The number of rotatable bonds is 3. The van der Waals surface area contributed by atoms with Crippen LogP contribution >= 0.6 is 27.3 Å². The predicted molar refractivity (Wildman–Crippen MR) is 75.2 cm³/mol. The van der Waals surface area contributed by atoms with Crippen LogP contribution in [-0.2, 0) is 6.54 Å². The highest BCUT2D eigenvalue weighted by atomic mass is 79.9. The Bertz CT molecular complexity index is 616. The molecular formula is C13H10BrFN2S.